The van der Waals surface area contributed by atoms with Gasteiger partial charge in [0.15, 0.2) is 6.10 Å². The van der Waals surface area contributed by atoms with Crippen LogP contribution >= 0.6 is 0 Å². The van der Waals surface area contributed by atoms with Gasteiger partial charge in [0.2, 0.25) is 0 Å². The maximum atomic E-state index is 12.1. The molecule has 44 heavy (non-hydrogen) atoms. The summed E-state index contributed by atoms with van der Waals surface area (Å²) in [6, 6.07) is 0. The van der Waals surface area contributed by atoms with Crippen molar-refractivity contribution < 1.29 is 24.2 Å². The van der Waals surface area contributed by atoms with Crippen LogP contribution in [-0.4, -0.2) is 36.4 Å². The van der Waals surface area contributed by atoms with Gasteiger partial charge in [-0.1, -0.05) is 188 Å². The van der Waals surface area contributed by atoms with Gasteiger partial charge in [-0.25, -0.2) is 0 Å². The van der Waals surface area contributed by atoms with Crippen LogP contribution in [0.1, 0.15) is 213 Å². The van der Waals surface area contributed by atoms with Crippen LogP contribution in [0.2, 0.25) is 0 Å². The summed E-state index contributed by atoms with van der Waals surface area (Å²) < 4.78 is 10.6. The quantitative estimate of drug-likeness (QED) is 0.0561. The van der Waals surface area contributed by atoms with Crippen LogP contribution in [0.15, 0.2) is 0 Å². The fraction of sp³-hybridized carbons (Fsp3) is 0.949. The van der Waals surface area contributed by atoms with Gasteiger partial charge in [-0.3, -0.25) is 9.59 Å². The highest BCUT2D eigenvalue weighted by molar-refractivity contribution is 5.70. The first kappa shape index (κ1) is 42.9. The molecule has 5 heteroatoms. The summed E-state index contributed by atoms with van der Waals surface area (Å²) in [4.78, 5) is 24.2. The molecule has 262 valence electrons. The van der Waals surface area contributed by atoms with Crippen molar-refractivity contribution in [3.05, 3.63) is 0 Å². The van der Waals surface area contributed by atoms with E-state index in [0.29, 0.717) is 12.8 Å². The molecule has 0 spiro atoms. The van der Waals surface area contributed by atoms with Crippen LogP contribution in [0, 0.1) is 5.92 Å². The Kier molecular flexibility index (Phi) is 33.9. The molecule has 0 amide bonds. The van der Waals surface area contributed by atoms with E-state index in [1.165, 1.54) is 148 Å². The van der Waals surface area contributed by atoms with Gasteiger partial charge >= 0.3 is 11.9 Å². The predicted octanol–water partition coefficient (Wildman–Crippen LogP) is 11.8. The van der Waals surface area contributed by atoms with E-state index < -0.39 is 6.10 Å². The third-order valence-electron chi connectivity index (χ3n) is 8.83. The van der Waals surface area contributed by atoms with Crippen LogP contribution in [0.4, 0.5) is 0 Å². The largest absolute Gasteiger partial charge is 0.462 e. The predicted molar refractivity (Wildman–Crippen MR) is 187 cm³/mol. The summed E-state index contributed by atoms with van der Waals surface area (Å²) in [5.41, 5.74) is 0. The van der Waals surface area contributed by atoms with Gasteiger partial charge in [0.05, 0.1) is 6.61 Å². The summed E-state index contributed by atoms with van der Waals surface area (Å²) in [7, 11) is 0. The Labute approximate surface area is 274 Å². The van der Waals surface area contributed by atoms with Gasteiger partial charge < -0.3 is 14.6 Å². The minimum Gasteiger partial charge on any atom is -0.462 e. The Bertz CT molecular complexity index is 605. The Balaban J connectivity index is 3.50. The molecule has 0 aromatic heterocycles. The first-order valence-electron chi connectivity index (χ1n) is 19.5. The fourth-order valence-electron chi connectivity index (χ4n) is 5.86. The fourth-order valence-corrected chi connectivity index (χ4v) is 5.86. The van der Waals surface area contributed by atoms with E-state index in [9.17, 15) is 14.7 Å². The summed E-state index contributed by atoms with van der Waals surface area (Å²) in [6.45, 7) is 6.50. The van der Waals surface area contributed by atoms with Crippen molar-refractivity contribution in [1.82, 2.24) is 0 Å². The van der Waals surface area contributed by atoms with E-state index in [1.807, 2.05) is 0 Å². The lowest BCUT2D eigenvalue weighted by atomic mass is 10.0. The highest BCUT2D eigenvalue weighted by Gasteiger charge is 2.16. The van der Waals surface area contributed by atoms with Gasteiger partial charge in [0, 0.05) is 12.8 Å². The zero-order valence-corrected chi connectivity index (χ0v) is 29.9. The van der Waals surface area contributed by atoms with E-state index in [-0.39, 0.29) is 25.2 Å². The van der Waals surface area contributed by atoms with Gasteiger partial charge in [0.1, 0.15) is 6.61 Å². The van der Waals surface area contributed by atoms with E-state index in [0.717, 1.165) is 38.0 Å². The molecule has 0 saturated carbocycles. The van der Waals surface area contributed by atoms with Gasteiger partial charge in [-0.2, -0.15) is 0 Å². The van der Waals surface area contributed by atoms with E-state index in [4.69, 9.17) is 9.47 Å². The summed E-state index contributed by atoms with van der Waals surface area (Å²) >= 11 is 0. The van der Waals surface area contributed by atoms with E-state index >= 15 is 0 Å². The second kappa shape index (κ2) is 34.8. The van der Waals surface area contributed by atoms with Crippen molar-refractivity contribution in [2.24, 2.45) is 5.92 Å². The van der Waals surface area contributed by atoms with E-state index in [1.54, 1.807) is 0 Å². The summed E-state index contributed by atoms with van der Waals surface area (Å²) in [6.07, 6.45) is 35.9. The third kappa shape index (κ3) is 33.8. The molecule has 0 aromatic carbocycles. The Morgan fingerprint density at radius 3 is 1.20 bits per heavy atom. The van der Waals surface area contributed by atoms with Crippen molar-refractivity contribution >= 4 is 11.9 Å². The summed E-state index contributed by atoms with van der Waals surface area (Å²) in [5, 5.41) is 9.54. The van der Waals surface area contributed by atoms with Crippen molar-refractivity contribution in [1.29, 1.82) is 0 Å². The standard InChI is InChI=1S/C39H76O5/c1-4-5-6-7-8-9-10-11-12-13-18-21-24-27-30-33-39(42)44-37(34-40)35-43-38(41)32-29-26-23-20-17-15-14-16-19-22-25-28-31-36(2)3/h36-37,40H,4-35H2,1-3H3/t37-/m0/s1. The molecule has 0 aliphatic carbocycles. The maximum absolute atomic E-state index is 12.1. The monoisotopic (exact) mass is 625 g/mol. The van der Waals surface area contributed by atoms with Crippen LogP contribution in [0.25, 0.3) is 0 Å². The van der Waals surface area contributed by atoms with Gasteiger partial charge in [-0.15, -0.1) is 0 Å². The lowest BCUT2D eigenvalue weighted by Crippen LogP contribution is -2.28. The number of aliphatic hydroxyl groups excluding tert-OH is 1. The minimum absolute atomic E-state index is 0.0579. The van der Waals surface area contributed by atoms with Crippen molar-refractivity contribution in [3.8, 4) is 0 Å². The molecule has 0 heterocycles. The Morgan fingerprint density at radius 1 is 0.500 bits per heavy atom. The zero-order valence-electron chi connectivity index (χ0n) is 29.9. The normalized spacial score (nSPS) is 12.1. The molecule has 5 nitrogen and oxygen atoms in total. The number of esters is 2. The average molecular weight is 625 g/mol. The Hall–Kier alpha value is -1.10. The van der Waals surface area contributed by atoms with Gasteiger partial charge in [-0.05, 0) is 18.8 Å². The van der Waals surface area contributed by atoms with E-state index in [2.05, 4.69) is 20.8 Å². The second-order valence-electron chi connectivity index (χ2n) is 13.9. The first-order chi connectivity index (χ1) is 21.5. The molecular formula is C39H76O5. The SMILES string of the molecule is CCCCCCCCCCCCCCCCCC(=O)O[C@@H](CO)COC(=O)CCCCCCCCCCCCCCC(C)C. The zero-order chi connectivity index (χ0) is 32.4. The van der Waals surface area contributed by atoms with Gasteiger partial charge in [0.25, 0.3) is 0 Å². The number of aliphatic hydroxyl groups is 1. The molecule has 0 aromatic rings. The number of hydrogen-bond donors (Lipinski definition) is 1. The molecule has 1 atom stereocenters. The molecule has 0 rings (SSSR count). The molecule has 0 radical (unpaired) electrons. The number of carbonyl (C=O) groups excluding carboxylic acids is 2. The van der Waals surface area contributed by atoms with Crippen LogP contribution in [0.3, 0.4) is 0 Å². The molecule has 1 N–H and O–H groups in total. The lowest BCUT2D eigenvalue weighted by molar-refractivity contribution is -0.161. The smallest absolute Gasteiger partial charge is 0.306 e. The molecule has 0 saturated heterocycles. The second-order valence-corrected chi connectivity index (χ2v) is 13.9. The van der Waals surface area contributed by atoms with Crippen LogP contribution in [-0.2, 0) is 19.1 Å². The lowest BCUT2D eigenvalue weighted by Gasteiger charge is -2.15. The summed E-state index contributed by atoms with van der Waals surface area (Å²) in [5.74, 6) is 0.265. The van der Waals surface area contributed by atoms with Crippen molar-refractivity contribution in [2.75, 3.05) is 13.2 Å². The number of carbonyl (C=O) groups is 2. The van der Waals surface area contributed by atoms with Crippen molar-refractivity contribution in [3.63, 3.8) is 0 Å². The number of unbranched alkanes of at least 4 members (excludes halogenated alkanes) is 25. The highest BCUT2D eigenvalue weighted by Crippen LogP contribution is 2.16. The molecule has 0 unspecified atom stereocenters. The van der Waals surface area contributed by atoms with Crippen molar-refractivity contribution in [2.45, 2.75) is 219 Å². The minimum atomic E-state index is -0.761. The highest BCUT2D eigenvalue weighted by atomic mass is 16.6. The third-order valence-corrected chi connectivity index (χ3v) is 8.83. The molecule has 0 aliphatic rings. The first-order valence-corrected chi connectivity index (χ1v) is 19.5. The number of ether oxygens (including phenoxy) is 2. The molecular weight excluding hydrogens is 548 g/mol. The number of rotatable bonds is 35. The molecule has 0 aliphatic heterocycles. The number of hydrogen-bond acceptors (Lipinski definition) is 5. The maximum Gasteiger partial charge on any atom is 0.306 e. The van der Waals surface area contributed by atoms with Crippen LogP contribution in [0.5, 0.6) is 0 Å². The molecule has 0 fully saturated rings. The average Bonchev–Trinajstić information content (AvgIpc) is 3.01. The Morgan fingerprint density at radius 2 is 0.841 bits per heavy atom. The van der Waals surface area contributed by atoms with Crippen LogP contribution < -0.4 is 0 Å². The molecule has 0 bridgehead atoms. The topological polar surface area (TPSA) is 72.8 Å².